The molecular formula is C21H23ClN4O2S. The number of aromatic nitrogens is 3. The van der Waals surface area contributed by atoms with Crippen LogP contribution in [0.4, 0.5) is 5.69 Å². The number of hydrogen-bond donors (Lipinski definition) is 1. The number of nitrogens with one attached hydrogen (secondary N) is 1. The Labute approximate surface area is 179 Å². The first-order valence-electron chi connectivity index (χ1n) is 9.20. The minimum atomic E-state index is -0.124. The van der Waals surface area contributed by atoms with Gasteiger partial charge in [0.1, 0.15) is 5.82 Å². The van der Waals surface area contributed by atoms with Crippen molar-refractivity contribution in [3.63, 3.8) is 0 Å². The average molecular weight is 431 g/mol. The first-order chi connectivity index (χ1) is 14.1. The van der Waals surface area contributed by atoms with Crippen molar-refractivity contribution in [1.82, 2.24) is 14.8 Å². The van der Waals surface area contributed by atoms with E-state index in [-0.39, 0.29) is 11.7 Å². The molecule has 0 fully saturated rings. The van der Waals surface area contributed by atoms with Crippen molar-refractivity contribution in [3.8, 4) is 0 Å². The lowest BCUT2D eigenvalue weighted by molar-refractivity contribution is -0.113. The Morgan fingerprint density at radius 1 is 1.21 bits per heavy atom. The monoisotopic (exact) mass is 430 g/mol. The molecular weight excluding hydrogens is 408 g/mol. The van der Waals surface area contributed by atoms with E-state index in [4.69, 9.17) is 16.3 Å². The highest BCUT2D eigenvalue weighted by molar-refractivity contribution is 7.99. The average Bonchev–Trinajstić information content (AvgIpc) is 3.09. The third kappa shape index (κ3) is 6.06. The molecule has 29 heavy (non-hydrogen) atoms. The molecule has 0 spiro atoms. The van der Waals surface area contributed by atoms with E-state index in [1.54, 1.807) is 13.2 Å². The Kier molecular flexibility index (Phi) is 7.69. The van der Waals surface area contributed by atoms with E-state index in [1.807, 2.05) is 41.8 Å². The van der Waals surface area contributed by atoms with E-state index in [1.165, 1.54) is 11.8 Å². The molecule has 0 bridgehead atoms. The van der Waals surface area contributed by atoms with Crippen molar-refractivity contribution in [1.29, 1.82) is 0 Å². The lowest BCUT2D eigenvalue weighted by atomic mass is 10.1. The number of benzene rings is 2. The van der Waals surface area contributed by atoms with E-state index in [9.17, 15) is 4.79 Å². The number of hydrogen-bond acceptors (Lipinski definition) is 5. The second-order valence-corrected chi connectivity index (χ2v) is 7.86. The van der Waals surface area contributed by atoms with Gasteiger partial charge < -0.3 is 14.6 Å². The summed E-state index contributed by atoms with van der Waals surface area (Å²) in [6.07, 6.45) is 0.673. The van der Waals surface area contributed by atoms with E-state index in [2.05, 4.69) is 27.6 Å². The molecule has 0 unspecified atom stereocenters. The second kappa shape index (κ2) is 10.4. The van der Waals surface area contributed by atoms with Gasteiger partial charge in [-0.15, -0.1) is 10.2 Å². The molecule has 3 aromatic rings. The number of carbonyl (C=O) groups is 1. The van der Waals surface area contributed by atoms with Gasteiger partial charge in [-0.1, -0.05) is 59.8 Å². The Morgan fingerprint density at radius 3 is 2.72 bits per heavy atom. The summed E-state index contributed by atoms with van der Waals surface area (Å²) >= 11 is 7.47. The minimum Gasteiger partial charge on any atom is -0.383 e. The summed E-state index contributed by atoms with van der Waals surface area (Å²) in [6, 6.07) is 15.6. The number of thioether (sulfide) groups is 1. The summed E-state index contributed by atoms with van der Waals surface area (Å²) in [6.45, 7) is 3.09. The fourth-order valence-electron chi connectivity index (χ4n) is 2.74. The van der Waals surface area contributed by atoms with Crippen LogP contribution >= 0.6 is 23.4 Å². The summed E-state index contributed by atoms with van der Waals surface area (Å²) in [5.74, 6) is 0.949. The van der Waals surface area contributed by atoms with E-state index < -0.39 is 0 Å². The summed E-state index contributed by atoms with van der Waals surface area (Å²) in [5.41, 5.74) is 2.80. The highest BCUT2D eigenvalue weighted by atomic mass is 35.5. The van der Waals surface area contributed by atoms with Gasteiger partial charge in [0.25, 0.3) is 0 Å². The van der Waals surface area contributed by atoms with Crippen LogP contribution in [0.2, 0.25) is 5.02 Å². The van der Waals surface area contributed by atoms with Crippen molar-refractivity contribution in [2.75, 3.05) is 24.8 Å². The summed E-state index contributed by atoms with van der Waals surface area (Å²) < 4.78 is 7.23. The molecule has 1 amide bonds. The van der Waals surface area contributed by atoms with Crippen LogP contribution in [0.1, 0.15) is 17.0 Å². The number of amides is 1. The van der Waals surface area contributed by atoms with Crippen LogP contribution in [0.3, 0.4) is 0 Å². The molecule has 1 heterocycles. The quantitative estimate of drug-likeness (QED) is 0.515. The smallest absolute Gasteiger partial charge is 0.234 e. The zero-order valence-electron chi connectivity index (χ0n) is 16.4. The topological polar surface area (TPSA) is 69.0 Å². The molecule has 0 aliphatic heterocycles. The maximum absolute atomic E-state index is 12.3. The van der Waals surface area contributed by atoms with E-state index in [0.717, 1.165) is 17.0 Å². The lowest BCUT2D eigenvalue weighted by Gasteiger charge is -2.10. The summed E-state index contributed by atoms with van der Waals surface area (Å²) in [4.78, 5) is 12.3. The van der Waals surface area contributed by atoms with Crippen LogP contribution in [-0.2, 0) is 22.5 Å². The number of carbonyl (C=O) groups excluding carboxylic acids is 1. The van der Waals surface area contributed by atoms with Crippen LogP contribution in [0.25, 0.3) is 0 Å². The molecule has 0 radical (unpaired) electrons. The Morgan fingerprint density at radius 2 is 2.00 bits per heavy atom. The normalized spacial score (nSPS) is 10.9. The maximum atomic E-state index is 12.3. The molecule has 0 aliphatic carbocycles. The summed E-state index contributed by atoms with van der Waals surface area (Å²) in [5, 5.41) is 12.8. The first kappa shape index (κ1) is 21.4. The van der Waals surface area contributed by atoms with Crippen LogP contribution in [-0.4, -0.2) is 40.1 Å². The number of halogens is 1. The Balaban J connectivity index is 1.65. The number of ether oxygens (including phenoxy) is 1. The SMILES string of the molecule is COCCn1c(Cc2ccccc2)nnc1SCC(=O)Nc1ccc(C)c(Cl)c1. The molecule has 0 atom stereocenters. The van der Waals surface area contributed by atoms with Gasteiger partial charge >= 0.3 is 0 Å². The predicted octanol–water partition coefficient (Wildman–Crippen LogP) is 4.21. The second-order valence-electron chi connectivity index (χ2n) is 6.51. The fourth-order valence-corrected chi connectivity index (χ4v) is 3.70. The molecule has 1 aromatic heterocycles. The molecule has 2 aromatic carbocycles. The van der Waals surface area contributed by atoms with Gasteiger partial charge in [-0.05, 0) is 30.2 Å². The van der Waals surface area contributed by atoms with Crippen LogP contribution in [0, 0.1) is 6.92 Å². The highest BCUT2D eigenvalue weighted by Crippen LogP contribution is 2.22. The van der Waals surface area contributed by atoms with Crippen molar-refractivity contribution < 1.29 is 9.53 Å². The van der Waals surface area contributed by atoms with Crippen LogP contribution in [0.15, 0.2) is 53.7 Å². The van der Waals surface area contributed by atoms with E-state index in [0.29, 0.717) is 35.4 Å². The van der Waals surface area contributed by atoms with Crippen LogP contribution in [0.5, 0.6) is 0 Å². The molecule has 0 saturated heterocycles. The van der Waals surface area contributed by atoms with Crippen molar-refractivity contribution >= 4 is 35.0 Å². The van der Waals surface area contributed by atoms with Gasteiger partial charge in [-0.25, -0.2) is 0 Å². The number of methoxy groups -OCH3 is 1. The summed E-state index contributed by atoms with van der Waals surface area (Å²) in [7, 11) is 1.66. The van der Waals surface area contributed by atoms with Crippen LogP contribution < -0.4 is 5.32 Å². The molecule has 152 valence electrons. The molecule has 0 aliphatic rings. The lowest BCUT2D eigenvalue weighted by Crippen LogP contribution is -2.15. The Bertz CT molecular complexity index is 963. The zero-order chi connectivity index (χ0) is 20.6. The van der Waals surface area contributed by atoms with Gasteiger partial charge in [-0.2, -0.15) is 0 Å². The standard InChI is InChI=1S/C21H23ClN4O2S/c1-15-8-9-17(13-18(15)22)23-20(27)14-29-21-25-24-19(26(21)10-11-28-2)12-16-6-4-3-5-7-16/h3-9,13H,10-12,14H2,1-2H3,(H,23,27). The van der Waals surface area contributed by atoms with E-state index >= 15 is 0 Å². The fraction of sp³-hybridized carbons (Fsp3) is 0.286. The third-order valence-electron chi connectivity index (χ3n) is 4.31. The Hall–Kier alpha value is -2.35. The van der Waals surface area contributed by atoms with Gasteiger partial charge in [0.05, 0.1) is 12.4 Å². The van der Waals surface area contributed by atoms with Crippen molar-refractivity contribution in [3.05, 3.63) is 70.5 Å². The minimum absolute atomic E-state index is 0.124. The largest absolute Gasteiger partial charge is 0.383 e. The zero-order valence-corrected chi connectivity index (χ0v) is 18.0. The highest BCUT2D eigenvalue weighted by Gasteiger charge is 2.15. The molecule has 8 heteroatoms. The molecule has 0 saturated carbocycles. The number of nitrogens with zero attached hydrogens (tertiary/aromatic N) is 3. The third-order valence-corrected chi connectivity index (χ3v) is 5.68. The molecule has 6 nitrogen and oxygen atoms in total. The molecule has 3 rings (SSSR count). The first-order valence-corrected chi connectivity index (χ1v) is 10.6. The van der Waals surface area contributed by atoms with Gasteiger partial charge in [0.15, 0.2) is 5.16 Å². The number of rotatable bonds is 9. The number of aryl methyl sites for hydroxylation is 1. The molecule has 1 N–H and O–H groups in total. The van der Waals surface area contributed by atoms with Crippen molar-refractivity contribution in [2.45, 2.75) is 25.0 Å². The predicted molar refractivity (Wildman–Crippen MR) is 117 cm³/mol. The van der Waals surface area contributed by atoms with Crippen molar-refractivity contribution in [2.24, 2.45) is 0 Å². The van der Waals surface area contributed by atoms with Gasteiger partial charge in [0, 0.05) is 30.8 Å². The van der Waals surface area contributed by atoms with Gasteiger partial charge in [0.2, 0.25) is 5.91 Å². The number of anilines is 1. The van der Waals surface area contributed by atoms with Gasteiger partial charge in [-0.3, -0.25) is 4.79 Å². The maximum Gasteiger partial charge on any atom is 0.234 e.